The molecular formula is C22H25BFN5O2. The van der Waals surface area contributed by atoms with Gasteiger partial charge in [0.15, 0.2) is 0 Å². The van der Waals surface area contributed by atoms with Gasteiger partial charge in [0.1, 0.15) is 17.5 Å². The van der Waals surface area contributed by atoms with Crippen LogP contribution in [0.25, 0.3) is 0 Å². The van der Waals surface area contributed by atoms with Gasteiger partial charge >= 0.3 is 7.12 Å². The number of hydrogen-bond acceptors (Lipinski definition) is 7. The summed E-state index contributed by atoms with van der Waals surface area (Å²) in [6, 6.07) is 13.8. The van der Waals surface area contributed by atoms with Gasteiger partial charge < -0.3 is 25.2 Å². The lowest BCUT2D eigenvalue weighted by Crippen LogP contribution is -2.32. The summed E-state index contributed by atoms with van der Waals surface area (Å²) in [5.74, 6) is 1.59. The van der Waals surface area contributed by atoms with E-state index in [1.165, 1.54) is 12.1 Å². The average Bonchev–Trinajstić information content (AvgIpc) is 3.07. The molecule has 0 spiro atoms. The van der Waals surface area contributed by atoms with Gasteiger partial charge in [-0.15, -0.1) is 0 Å². The van der Waals surface area contributed by atoms with Gasteiger partial charge in [0.2, 0.25) is 5.95 Å². The summed E-state index contributed by atoms with van der Waals surface area (Å²) < 4.78 is 13.5. The Morgan fingerprint density at radius 2 is 1.94 bits per heavy atom. The van der Waals surface area contributed by atoms with Crippen molar-refractivity contribution in [3.8, 4) is 0 Å². The van der Waals surface area contributed by atoms with Gasteiger partial charge in [-0.25, -0.2) is 4.39 Å². The lowest BCUT2D eigenvalue weighted by atomic mass is 9.76. The summed E-state index contributed by atoms with van der Waals surface area (Å²) in [5.41, 5.74) is 3.07. The number of hydrogen-bond donors (Lipinski definition) is 3. The van der Waals surface area contributed by atoms with Crippen LogP contribution in [0.15, 0.2) is 48.5 Å². The number of halogens is 1. The number of aromatic nitrogens is 2. The molecule has 1 aliphatic heterocycles. The van der Waals surface area contributed by atoms with E-state index in [-0.39, 0.29) is 11.9 Å². The molecule has 1 aromatic heterocycles. The predicted octanol–water partition coefficient (Wildman–Crippen LogP) is 2.06. The standard InChI is InChI=1S/C22H25BFN5O2/c1-14-10-17-18(23(30)31)8-5-9-19(17)29(14)22-26-20(12-21(27-22)28(2)3)25-13-15-6-4-7-16(24)11-15/h4-9,11-12,14,30-31H,10,13H2,1-3H3,(H,25,26,27). The molecule has 0 aliphatic carbocycles. The van der Waals surface area contributed by atoms with E-state index in [1.807, 2.05) is 42.1 Å². The molecule has 31 heavy (non-hydrogen) atoms. The zero-order chi connectivity index (χ0) is 22.1. The molecule has 1 aliphatic rings. The Morgan fingerprint density at radius 1 is 1.16 bits per heavy atom. The zero-order valence-electron chi connectivity index (χ0n) is 17.7. The highest BCUT2D eigenvalue weighted by Gasteiger charge is 2.33. The Bertz CT molecular complexity index is 1100. The summed E-state index contributed by atoms with van der Waals surface area (Å²) >= 11 is 0. The Kier molecular flexibility index (Phi) is 5.80. The van der Waals surface area contributed by atoms with E-state index in [2.05, 4.69) is 12.2 Å². The van der Waals surface area contributed by atoms with Crippen LogP contribution in [-0.2, 0) is 13.0 Å². The highest BCUT2D eigenvalue weighted by molar-refractivity contribution is 6.59. The monoisotopic (exact) mass is 421 g/mol. The van der Waals surface area contributed by atoms with Crippen LogP contribution >= 0.6 is 0 Å². The Balaban J connectivity index is 1.70. The minimum Gasteiger partial charge on any atom is -0.423 e. The number of benzene rings is 2. The van der Waals surface area contributed by atoms with Crippen LogP contribution < -0.4 is 20.6 Å². The van der Waals surface area contributed by atoms with E-state index >= 15 is 0 Å². The second kappa shape index (κ2) is 8.53. The van der Waals surface area contributed by atoms with Crippen LogP contribution in [0.3, 0.4) is 0 Å². The van der Waals surface area contributed by atoms with Gasteiger partial charge in [0, 0.05) is 38.4 Å². The van der Waals surface area contributed by atoms with E-state index in [1.54, 1.807) is 18.2 Å². The van der Waals surface area contributed by atoms with Crippen molar-refractivity contribution in [2.75, 3.05) is 29.2 Å². The first-order valence-corrected chi connectivity index (χ1v) is 10.2. The highest BCUT2D eigenvalue weighted by atomic mass is 19.1. The molecule has 160 valence electrons. The van der Waals surface area contributed by atoms with Crippen LogP contribution in [0, 0.1) is 5.82 Å². The van der Waals surface area contributed by atoms with Gasteiger partial charge in [-0.1, -0.05) is 24.3 Å². The normalized spacial score (nSPS) is 15.0. The summed E-state index contributed by atoms with van der Waals surface area (Å²) in [7, 11) is 2.29. The molecule has 1 atom stereocenters. The highest BCUT2D eigenvalue weighted by Crippen LogP contribution is 2.37. The number of fused-ring (bicyclic) bond motifs is 1. The fourth-order valence-electron chi connectivity index (χ4n) is 3.90. The zero-order valence-corrected chi connectivity index (χ0v) is 17.7. The minimum atomic E-state index is -1.53. The quantitative estimate of drug-likeness (QED) is 0.526. The molecule has 0 saturated carbocycles. The number of nitrogens with zero attached hydrogens (tertiary/aromatic N) is 4. The van der Waals surface area contributed by atoms with Crippen molar-refractivity contribution in [3.05, 3.63) is 65.5 Å². The third-order valence-electron chi connectivity index (χ3n) is 5.40. The van der Waals surface area contributed by atoms with Crippen molar-refractivity contribution in [1.29, 1.82) is 0 Å². The number of rotatable bonds is 6. The summed E-state index contributed by atoms with van der Waals surface area (Å²) in [6.45, 7) is 2.48. The predicted molar refractivity (Wildman–Crippen MR) is 122 cm³/mol. The van der Waals surface area contributed by atoms with E-state index in [9.17, 15) is 14.4 Å². The molecule has 9 heteroatoms. The molecule has 0 saturated heterocycles. The van der Waals surface area contributed by atoms with Crippen molar-refractivity contribution < 1.29 is 14.4 Å². The van der Waals surface area contributed by atoms with E-state index in [4.69, 9.17) is 9.97 Å². The molecular weight excluding hydrogens is 396 g/mol. The summed E-state index contributed by atoms with van der Waals surface area (Å²) in [6.07, 6.45) is 0.657. The minimum absolute atomic E-state index is 0.0448. The molecule has 0 amide bonds. The van der Waals surface area contributed by atoms with Crippen molar-refractivity contribution in [1.82, 2.24) is 9.97 Å². The first-order valence-electron chi connectivity index (χ1n) is 10.2. The van der Waals surface area contributed by atoms with Crippen LogP contribution in [0.2, 0.25) is 0 Å². The average molecular weight is 421 g/mol. The van der Waals surface area contributed by atoms with Crippen molar-refractivity contribution >= 4 is 35.9 Å². The SMILES string of the molecule is CC1Cc2c(B(O)O)cccc2N1c1nc(NCc2cccc(F)c2)cc(N(C)C)n1. The molecule has 7 nitrogen and oxygen atoms in total. The fourth-order valence-corrected chi connectivity index (χ4v) is 3.90. The molecule has 1 unspecified atom stereocenters. The fraction of sp³-hybridized carbons (Fsp3) is 0.273. The summed E-state index contributed by atoms with van der Waals surface area (Å²) in [5, 5.41) is 22.8. The van der Waals surface area contributed by atoms with Crippen molar-refractivity contribution in [2.24, 2.45) is 0 Å². The third kappa shape index (κ3) is 4.33. The Morgan fingerprint density at radius 3 is 2.65 bits per heavy atom. The topological polar surface area (TPSA) is 84.8 Å². The maximum Gasteiger partial charge on any atom is 0.488 e. The van der Waals surface area contributed by atoms with Gasteiger partial charge in [0.05, 0.1) is 0 Å². The molecule has 2 heterocycles. The number of anilines is 4. The third-order valence-corrected chi connectivity index (χ3v) is 5.40. The lowest BCUT2D eigenvalue weighted by molar-refractivity contribution is 0.425. The van der Waals surface area contributed by atoms with Crippen LogP contribution in [0.4, 0.5) is 27.7 Å². The van der Waals surface area contributed by atoms with E-state index in [0.717, 1.165) is 22.6 Å². The smallest absolute Gasteiger partial charge is 0.423 e. The Labute approximate surface area is 181 Å². The van der Waals surface area contributed by atoms with Gasteiger partial charge in [0.25, 0.3) is 0 Å². The van der Waals surface area contributed by atoms with Crippen LogP contribution in [-0.4, -0.2) is 47.3 Å². The molecule has 4 rings (SSSR count). The van der Waals surface area contributed by atoms with Gasteiger partial charge in [-0.05, 0) is 48.1 Å². The second-order valence-electron chi connectivity index (χ2n) is 7.93. The maximum absolute atomic E-state index is 13.5. The summed E-state index contributed by atoms with van der Waals surface area (Å²) in [4.78, 5) is 13.4. The van der Waals surface area contributed by atoms with E-state index < -0.39 is 7.12 Å². The first kappa shape index (κ1) is 21.1. The molecule has 3 N–H and O–H groups in total. The van der Waals surface area contributed by atoms with Crippen molar-refractivity contribution in [2.45, 2.75) is 25.9 Å². The second-order valence-corrected chi connectivity index (χ2v) is 7.93. The van der Waals surface area contributed by atoms with Crippen LogP contribution in [0.5, 0.6) is 0 Å². The van der Waals surface area contributed by atoms with Crippen LogP contribution in [0.1, 0.15) is 18.1 Å². The van der Waals surface area contributed by atoms with Gasteiger partial charge in [-0.2, -0.15) is 9.97 Å². The molecule has 2 aromatic carbocycles. The van der Waals surface area contributed by atoms with Gasteiger partial charge in [-0.3, -0.25) is 0 Å². The molecule has 0 fully saturated rings. The number of nitrogens with one attached hydrogen (secondary N) is 1. The largest absolute Gasteiger partial charge is 0.488 e. The molecule has 0 radical (unpaired) electrons. The molecule has 3 aromatic rings. The first-order chi connectivity index (χ1) is 14.8. The van der Waals surface area contributed by atoms with E-state index in [0.29, 0.717) is 30.2 Å². The lowest BCUT2D eigenvalue weighted by Gasteiger charge is -2.25. The molecule has 0 bridgehead atoms. The maximum atomic E-state index is 13.5. The Hall–Kier alpha value is -3.17. The van der Waals surface area contributed by atoms with Crippen molar-refractivity contribution in [3.63, 3.8) is 0 Å².